The summed E-state index contributed by atoms with van der Waals surface area (Å²) in [6.07, 6.45) is 0.276. The molecule has 1 amide bonds. The summed E-state index contributed by atoms with van der Waals surface area (Å²) in [5.74, 6) is 1.36. The molecule has 162 valence electrons. The lowest BCUT2D eigenvalue weighted by Gasteiger charge is -2.16. The number of rotatable bonds is 6. The molecule has 0 aliphatic rings. The van der Waals surface area contributed by atoms with E-state index in [0.717, 1.165) is 22.3 Å². The van der Waals surface area contributed by atoms with Gasteiger partial charge in [0.15, 0.2) is 5.65 Å². The summed E-state index contributed by atoms with van der Waals surface area (Å²) < 4.78 is 4.82. The molecule has 9 nitrogen and oxygen atoms in total. The highest BCUT2D eigenvalue weighted by Gasteiger charge is 2.18. The maximum absolute atomic E-state index is 13.1. The molecule has 1 aromatic carbocycles. The van der Waals surface area contributed by atoms with Gasteiger partial charge >= 0.3 is 5.69 Å². The number of carbonyl (C=O) groups is 1. The Morgan fingerprint density at radius 2 is 1.87 bits per heavy atom. The smallest absolute Gasteiger partial charge is 0.350 e. The first kappa shape index (κ1) is 20.8. The largest absolute Gasteiger partial charge is 0.352 e. The average molecular weight is 422 g/mol. The van der Waals surface area contributed by atoms with Gasteiger partial charge in [-0.25, -0.2) is 23.5 Å². The summed E-state index contributed by atoms with van der Waals surface area (Å²) in [5.41, 5.74) is 2.17. The van der Waals surface area contributed by atoms with Gasteiger partial charge in [0.1, 0.15) is 11.6 Å². The van der Waals surface area contributed by atoms with Crippen LogP contribution in [0.3, 0.4) is 0 Å². The van der Waals surface area contributed by atoms with E-state index in [1.807, 2.05) is 65.0 Å². The van der Waals surface area contributed by atoms with Crippen molar-refractivity contribution in [1.29, 1.82) is 0 Å². The van der Waals surface area contributed by atoms with E-state index in [1.165, 1.54) is 4.68 Å². The van der Waals surface area contributed by atoms with Crippen LogP contribution in [0.1, 0.15) is 43.5 Å². The molecule has 3 heterocycles. The van der Waals surface area contributed by atoms with Crippen LogP contribution in [0.2, 0.25) is 0 Å². The zero-order valence-electron chi connectivity index (χ0n) is 18.5. The van der Waals surface area contributed by atoms with Crippen molar-refractivity contribution in [2.75, 3.05) is 0 Å². The molecule has 4 aromatic rings. The third-order valence-corrected chi connectivity index (χ3v) is 5.40. The molecule has 0 aliphatic heterocycles. The number of benzene rings is 1. The van der Waals surface area contributed by atoms with Crippen molar-refractivity contribution in [3.63, 3.8) is 0 Å². The van der Waals surface area contributed by atoms with Gasteiger partial charge < -0.3 is 5.32 Å². The predicted octanol–water partition coefficient (Wildman–Crippen LogP) is 2.32. The van der Waals surface area contributed by atoms with Crippen LogP contribution >= 0.6 is 0 Å². The average Bonchev–Trinajstić information content (AvgIpc) is 3.21. The number of aryl methyl sites for hydroxylation is 3. The highest BCUT2D eigenvalue weighted by molar-refractivity contribution is 5.83. The normalized spacial score (nSPS) is 13.6. The van der Waals surface area contributed by atoms with Gasteiger partial charge in [0.25, 0.3) is 0 Å². The zero-order chi connectivity index (χ0) is 22.3. The molecule has 0 radical (unpaired) electrons. The second-order valence-electron chi connectivity index (χ2n) is 8.18. The standard InChI is InChI=1S/C22H27N7O2/c1-13-10-18-8-6-7-9-19(18)28-21(13)26-27(22(28)31)12-14(2)23-20(30)11-15(3)29-17(5)24-16(4)25-29/h6-10,14-15H,11-12H2,1-5H3,(H,23,30)/t14-,15-/m1/s1. The van der Waals surface area contributed by atoms with Crippen LogP contribution < -0.4 is 11.0 Å². The first-order valence-electron chi connectivity index (χ1n) is 10.4. The van der Waals surface area contributed by atoms with Crippen LogP contribution in [0.4, 0.5) is 0 Å². The van der Waals surface area contributed by atoms with Crippen molar-refractivity contribution < 1.29 is 4.79 Å². The molecule has 0 aliphatic carbocycles. The molecule has 0 spiro atoms. The molecule has 1 N–H and O–H groups in total. The van der Waals surface area contributed by atoms with Crippen molar-refractivity contribution in [2.45, 2.75) is 59.7 Å². The summed E-state index contributed by atoms with van der Waals surface area (Å²) in [4.78, 5) is 29.9. The highest BCUT2D eigenvalue weighted by Crippen LogP contribution is 2.18. The van der Waals surface area contributed by atoms with Crippen LogP contribution in [-0.2, 0) is 11.3 Å². The Labute approximate surface area is 179 Å². The lowest BCUT2D eigenvalue weighted by Crippen LogP contribution is -2.39. The Morgan fingerprint density at radius 3 is 2.58 bits per heavy atom. The fourth-order valence-electron chi connectivity index (χ4n) is 4.06. The third kappa shape index (κ3) is 3.95. The molecular weight excluding hydrogens is 394 g/mol. The van der Waals surface area contributed by atoms with Crippen LogP contribution in [0.25, 0.3) is 16.6 Å². The van der Waals surface area contributed by atoms with Crippen LogP contribution in [0, 0.1) is 20.8 Å². The number of hydrogen-bond donors (Lipinski definition) is 1. The third-order valence-electron chi connectivity index (χ3n) is 5.40. The minimum absolute atomic E-state index is 0.106. The van der Waals surface area contributed by atoms with Gasteiger partial charge in [-0.3, -0.25) is 4.79 Å². The van der Waals surface area contributed by atoms with Gasteiger partial charge in [0, 0.05) is 12.5 Å². The lowest BCUT2D eigenvalue weighted by atomic mass is 10.1. The van der Waals surface area contributed by atoms with E-state index in [9.17, 15) is 9.59 Å². The van der Waals surface area contributed by atoms with Crippen LogP contribution in [-0.4, -0.2) is 40.9 Å². The molecule has 3 aromatic heterocycles. The quantitative estimate of drug-likeness (QED) is 0.515. The summed E-state index contributed by atoms with van der Waals surface area (Å²) in [7, 11) is 0. The van der Waals surface area contributed by atoms with E-state index in [1.54, 1.807) is 9.08 Å². The monoisotopic (exact) mass is 421 g/mol. The van der Waals surface area contributed by atoms with Crippen molar-refractivity contribution in [3.8, 4) is 0 Å². The van der Waals surface area contributed by atoms with E-state index in [4.69, 9.17) is 0 Å². The summed E-state index contributed by atoms with van der Waals surface area (Å²) >= 11 is 0. The van der Waals surface area contributed by atoms with E-state index >= 15 is 0 Å². The summed E-state index contributed by atoms with van der Waals surface area (Å²) in [6, 6.07) is 9.41. The molecule has 0 saturated heterocycles. The minimum atomic E-state index is -0.257. The van der Waals surface area contributed by atoms with Crippen molar-refractivity contribution in [1.82, 2.24) is 34.3 Å². The molecule has 2 atom stereocenters. The van der Waals surface area contributed by atoms with E-state index in [-0.39, 0.29) is 36.6 Å². The number of pyridine rings is 1. The predicted molar refractivity (Wildman–Crippen MR) is 118 cm³/mol. The van der Waals surface area contributed by atoms with Gasteiger partial charge in [-0.1, -0.05) is 18.2 Å². The second-order valence-corrected chi connectivity index (χ2v) is 8.18. The van der Waals surface area contributed by atoms with Gasteiger partial charge in [0.2, 0.25) is 5.91 Å². The molecule has 0 saturated carbocycles. The Hall–Kier alpha value is -3.49. The molecule has 0 bridgehead atoms. The Bertz CT molecular complexity index is 1330. The molecule has 31 heavy (non-hydrogen) atoms. The number of nitrogens with one attached hydrogen (secondary N) is 1. The SMILES string of the molecule is Cc1nc(C)n([C@H](C)CC(=O)N[C@H](C)Cn2nc3c(C)cc4ccccc4n3c2=O)n1. The Balaban J connectivity index is 1.50. The molecular formula is C22H27N7O2. The molecule has 4 rings (SSSR count). The Kier molecular flexibility index (Phi) is 5.34. The minimum Gasteiger partial charge on any atom is -0.352 e. The fraction of sp³-hybridized carbons (Fsp3) is 0.409. The van der Waals surface area contributed by atoms with Gasteiger partial charge in [0.05, 0.1) is 18.1 Å². The Morgan fingerprint density at radius 1 is 1.13 bits per heavy atom. The van der Waals surface area contributed by atoms with Gasteiger partial charge in [-0.15, -0.1) is 5.10 Å². The lowest BCUT2D eigenvalue weighted by molar-refractivity contribution is -0.122. The molecule has 0 fully saturated rings. The van der Waals surface area contributed by atoms with Crippen LogP contribution in [0.15, 0.2) is 35.1 Å². The van der Waals surface area contributed by atoms with E-state index in [2.05, 4.69) is 20.5 Å². The number of hydrogen-bond acceptors (Lipinski definition) is 5. The van der Waals surface area contributed by atoms with Crippen molar-refractivity contribution in [3.05, 3.63) is 58.0 Å². The number of para-hydroxylation sites is 1. The van der Waals surface area contributed by atoms with Gasteiger partial charge in [-0.2, -0.15) is 5.10 Å². The number of amides is 1. The number of aromatic nitrogens is 6. The number of nitrogens with zero attached hydrogens (tertiary/aromatic N) is 6. The number of fused-ring (bicyclic) bond motifs is 3. The summed E-state index contributed by atoms with van der Waals surface area (Å²) in [6.45, 7) is 9.74. The summed E-state index contributed by atoms with van der Waals surface area (Å²) in [5, 5.41) is 12.8. The molecule has 9 heteroatoms. The number of carbonyl (C=O) groups excluding carboxylic acids is 1. The topological polar surface area (TPSA) is 99.1 Å². The maximum Gasteiger partial charge on any atom is 0.350 e. The van der Waals surface area contributed by atoms with Gasteiger partial charge in [-0.05, 0) is 57.7 Å². The fourth-order valence-corrected chi connectivity index (χ4v) is 4.06. The first-order chi connectivity index (χ1) is 14.7. The zero-order valence-corrected chi connectivity index (χ0v) is 18.5. The molecule has 0 unspecified atom stereocenters. The first-order valence-corrected chi connectivity index (χ1v) is 10.4. The highest BCUT2D eigenvalue weighted by atomic mass is 16.2. The van der Waals surface area contributed by atoms with E-state index < -0.39 is 0 Å². The maximum atomic E-state index is 13.1. The van der Waals surface area contributed by atoms with Crippen molar-refractivity contribution >= 4 is 22.5 Å². The second kappa shape index (κ2) is 7.98. The van der Waals surface area contributed by atoms with Crippen molar-refractivity contribution in [2.24, 2.45) is 0 Å². The van der Waals surface area contributed by atoms with E-state index in [0.29, 0.717) is 11.5 Å². The van der Waals surface area contributed by atoms with Crippen LogP contribution in [0.5, 0.6) is 0 Å².